The molecule has 0 unspecified atom stereocenters. The number of aromatic hydroxyl groups is 1. The van der Waals surface area contributed by atoms with Crippen LogP contribution in [0.4, 0.5) is 0 Å². The molecular formula is C19H20O5. The molecule has 2 aliphatic heterocycles. The van der Waals surface area contributed by atoms with Crippen LogP contribution in [-0.2, 0) is 11.2 Å². The van der Waals surface area contributed by atoms with Gasteiger partial charge in [0.05, 0.1) is 19.8 Å². The Balaban J connectivity index is 1.98. The maximum Gasteiger partial charge on any atom is 0.169 e. The summed E-state index contributed by atoms with van der Waals surface area (Å²) in [6.07, 6.45) is 0.617. The zero-order chi connectivity index (χ0) is 17.1. The summed E-state index contributed by atoms with van der Waals surface area (Å²) in [6, 6.07) is 9.02. The number of hydrogen-bond donors (Lipinski definition) is 1. The Morgan fingerprint density at radius 1 is 1.04 bits per heavy atom. The van der Waals surface area contributed by atoms with E-state index in [2.05, 4.69) is 0 Å². The second-order valence-corrected chi connectivity index (χ2v) is 6.70. The van der Waals surface area contributed by atoms with Gasteiger partial charge in [-0.25, -0.2) is 0 Å². The van der Waals surface area contributed by atoms with Crippen molar-refractivity contribution in [2.75, 3.05) is 14.2 Å². The van der Waals surface area contributed by atoms with E-state index < -0.39 is 11.2 Å². The van der Waals surface area contributed by atoms with Crippen molar-refractivity contribution < 1.29 is 24.1 Å². The number of phenolic OH excluding ortho intramolecular Hbond substituents is 1. The fourth-order valence-corrected chi connectivity index (χ4v) is 3.97. The highest BCUT2D eigenvalue weighted by Crippen LogP contribution is 2.59. The predicted molar refractivity (Wildman–Crippen MR) is 88.2 cm³/mol. The summed E-state index contributed by atoms with van der Waals surface area (Å²) in [4.78, 5) is 0. The molecule has 0 amide bonds. The number of fused-ring (bicyclic) bond motifs is 6. The number of para-hydroxylation sites is 1. The van der Waals surface area contributed by atoms with E-state index in [0.29, 0.717) is 29.4 Å². The quantitative estimate of drug-likeness (QED) is 0.910. The van der Waals surface area contributed by atoms with Crippen LogP contribution in [0.1, 0.15) is 31.4 Å². The minimum atomic E-state index is -0.675. The summed E-state index contributed by atoms with van der Waals surface area (Å²) in [5, 5.41) is 10.3. The molecule has 0 saturated heterocycles. The van der Waals surface area contributed by atoms with Crippen molar-refractivity contribution in [1.29, 1.82) is 0 Å². The van der Waals surface area contributed by atoms with Crippen LogP contribution in [0.15, 0.2) is 30.3 Å². The van der Waals surface area contributed by atoms with E-state index >= 15 is 0 Å². The topological polar surface area (TPSA) is 57.2 Å². The normalized spacial score (nSPS) is 26.5. The van der Waals surface area contributed by atoms with Crippen molar-refractivity contribution >= 4 is 0 Å². The van der Waals surface area contributed by atoms with Gasteiger partial charge < -0.3 is 24.1 Å². The molecule has 126 valence electrons. The second-order valence-electron chi connectivity index (χ2n) is 6.70. The average Bonchev–Trinajstić information content (AvgIpc) is 2.54. The Bertz CT molecular complexity index is 831. The van der Waals surface area contributed by atoms with Gasteiger partial charge in [-0.2, -0.15) is 0 Å². The first kappa shape index (κ1) is 15.0. The van der Waals surface area contributed by atoms with Crippen LogP contribution in [0, 0.1) is 0 Å². The third kappa shape index (κ3) is 1.87. The summed E-state index contributed by atoms with van der Waals surface area (Å²) in [5.41, 5.74) is 0.390. The molecule has 2 aliphatic rings. The van der Waals surface area contributed by atoms with E-state index in [-0.39, 0.29) is 5.75 Å². The van der Waals surface area contributed by atoms with Crippen molar-refractivity contribution in [3.05, 3.63) is 41.5 Å². The molecule has 2 heterocycles. The van der Waals surface area contributed by atoms with Crippen LogP contribution >= 0.6 is 0 Å². The van der Waals surface area contributed by atoms with Crippen molar-refractivity contribution in [1.82, 2.24) is 0 Å². The lowest BCUT2D eigenvalue weighted by atomic mass is 9.74. The Morgan fingerprint density at radius 2 is 1.83 bits per heavy atom. The zero-order valence-corrected chi connectivity index (χ0v) is 14.2. The van der Waals surface area contributed by atoms with Gasteiger partial charge in [0.25, 0.3) is 0 Å². The Morgan fingerprint density at radius 3 is 2.54 bits per heavy atom. The molecule has 2 atom stereocenters. The van der Waals surface area contributed by atoms with Crippen LogP contribution in [0.2, 0.25) is 0 Å². The molecule has 4 rings (SSSR count). The molecule has 2 aromatic rings. The summed E-state index contributed by atoms with van der Waals surface area (Å²) in [5.74, 6) is 2.57. The van der Waals surface area contributed by atoms with E-state index in [9.17, 15) is 5.11 Å². The van der Waals surface area contributed by atoms with E-state index in [4.69, 9.17) is 18.9 Å². The molecule has 0 saturated carbocycles. The van der Waals surface area contributed by atoms with Gasteiger partial charge in [-0.1, -0.05) is 12.1 Å². The first-order valence-corrected chi connectivity index (χ1v) is 7.87. The van der Waals surface area contributed by atoms with Gasteiger partial charge >= 0.3 is 0 Å². The molecule has 0 radical (unpaired) electrons. The summed E-state index contributed by atoms with van der Waals surface area (Å²) < 4.78 is 23.6. The fraction of sp³-hybridized carbons (Fsp3) is 0.368. The van der Waals surface area contributed by atoms with Gasteiger partial charge in [0, 0.05) is 24.1 Å². The molecule has 5 nitrogen and oxygen atoms in total. The zero-order valence-electron chi connectivity index (χ0n) is 14.2. The van der Waals surface area contributed by atoms with Gasteiger partial charge in [-0.15, -0.1) is 0 Å². The van der Waals surface area contributed by atoms with Crippen molar-refractivity contribution in [2.45, 2.75) is 31.5 Å². The molecule has 0 aromatic heterocycles. The largest absolute Gasteiger partial charge is 0.504 e. The van der Waals surface area contributed by atoms with Gasteiger partial charge in [0.1, 0.15) is 28.5 Å². The smallest absolute Gasteiger partial charge is 0.169 e. The third-order valence-electron chi connectivity index (χ3n) is 4.93. The molecule has 1 N–H and O–H groups in total. The highest BCUT2D eigenvalue weighted by Gasteiger charge is 2.54. The molecule has 2 aromatic carbocycles. The van der Waals surface area contributed by atoms with E-state index in [1.54, 1.807) is 26.4 Å². The van der Waals surface area contributed by atoms with Crippen molar-refractivity contribution in [3.8, 4) is 28.7 Å². The number of benzene rings is 2. The average molecular weight is 328 g/mol. The van der Waals surface area contributed by atoms with E-state index in [1.165, 1.54) is 0 Å². The second kappa shape index (κ2) is 4.72. The maximum absolute atomic E-state index is 10.3. The van der Waals surface area contributed by atoms with Gasteiger partial charge in [-0.05, 0) is 19.9 Å². The van der Waals surface area contributed by atoms with Crippen LogP contribution in [0.3, 0.4) is 0 Å². The molecule has 24 heavy (non-hydrogen) atoms. The van der Waals surface area contributed by atoms with Gasteiger partial charge in [-0.3, -0.25) is 0 Å². The Hall–Kier alpha value is -2.56. The van der Waals surface area contributed by atoms with E-state index in [0.717, 1.165) is 11.1 Å². The van der Waals surface area contributed by atoms with Gasteiger partial charge in [0.2, 0.25) is 0 Å². The molecular weight excluding hydrogens is 308 g/mol. The molecule has 2 bridgehead atoms. The van der Waals surface area contributed by atoms with Crippen molar-refractivity contribution in [2.24, 2.45) is 0 Å². The Labute approximate surface area is 140 Å². The number of methoxy groups -OCH3 is 2. The molecule has 0 aliphatic carbocycles. The van der Waals surface area contributed by atoms with Crippen molar-refractivity contribution in [3.63, 3.8) is 0 Å². The first-order valence-electron chi connectivity index (χ1n) is 7.87. The third-order valence-corrected chi connectivity index (χ3v) is 4.93. The number of ether oxygens (including phenoxy) is 4. The Kier molecular flexibility index (Phi) is 2.95. The fourth-order valence-electron chi connectivity index (χ4n) is 3.97. The van der Waals surface area contributed by atoms with Crippen LogP contribution in [0.5, 0.6) is 28.7 Å². The number of rotatable bonds is 2. The SMILES string of the molecule is COc1cc(OC)c2c(c1)O[C@@]1(C)C[C@]2(C)Oc2c(O)cccc21. The predicted octanol–water partition coefficient (Wildman–Crippen LogP) is 3.71. The molecule has 0 fully saturated rings. The molecule has 0 spiro atoms. The van der Waals surface area contributed by atoms with Crippen LogP contribution in [-0.4, -0.2) is 19.3 Å². The van der Waals surface area contributed by atoms with Crippen LogP contribution in [0.25, 0.3) is 0 Å². The lowest BCUT2D eigenvalue weighted by Crippen LogP contribution is -2.49. The highest BCUT2D eigenvalue weighted by molar-refractivity contribution is 5.60. The number of hydrogen-bond acceptors (Lipinski definition) is 5. The molecule has 5 heteroatoms. The summed E-state index contributed by atoms with van der Waals surface area (Å²) >= 11 is 0. The minimum absolute atomic E-state index is 0.115. The monoisotopic (exact) mass is 328 g/mol. The maximum atomic E-state index is 10.3. The summed E-state index contributed by atoms with van der Waals surface area (Å²) in [6.45, 7) is 4.01. The first-order chi connectivity index (χ1) is 11.4. The lowest BCUT2D eigenvalue weighted by Gasteiger charge is -2.50. The standard InChI is InChI=1S/C19H20O5/c1-18-10-19(2,24-17-12(18)6-5-7-13(17)20)16-14(22-4)8-11(21-3)9-15(16)23-18/h5-9,20H,10H2,1-4H3/t18-,19-/m0/s1. The van der Waals surface area contributed by atoms with E-state index in [1.807, 2.05) is 32.0 Å². The lowest BCUT2D eigenvalue weighted by molar-refractivity contribution is -0.0758. The van der Waals surface area contributed by atoms with Crippen LogP contribution < -0.4 is 18.9 Å². The summed E-state index contributed by atoms with van der Waals surface area (Å²) in [7, 11) is 3.22. The highest BCUT2D eigenvalue weighted by atomic mass is 16.5. The number of phenols is 1. The minimum Gasteiger partial charge on any atom is -0.504 e. The van der Waals surface area contributed by atoms with Gasteiger partial charge in [0.15, 0.2) is 11.5 Å².